The van der Waals surface area contributed by atoms with Crippen molar-refractivity contribution in [2.75, 3.05) is 13.1 Å². The van der Waals surface area contributed by atoms with Crippen molar-refractivity contribution in [3.63, 3.8) is 0 Å². The molecule has 3 fully saturated rings. The van der Waals surface area contributed by atoms with Gasteiger partial charge >= 0.3 is 0 Å². The van der Waals surface area contributed by atoms with Gasteiger partial charge in [0, 0.05) is 25.3 Å². The summed E-state index contributed by atoms with van der Waals surface area (Å²) >= 11 is 0. The highest BCUT2D eigenvalue weighted by Crippen LogP contribution is 2.36. The molecule has 4 atom stereocenters. The molecule has 2 aromatic heterocycles. The third-order valence-electron chi connectivity index (χ3n) is 5.43. The zero-order chi connectivity index (χ0) is 17.2. The highest BCUT2D eigenvalue weighted by molar-refractivity contribution is 5.79. The first-order valence-corrected chi connectivity index (χ1v) is 8.86. The van der Waals surface area contributed by atoms with Gasteiger partial charge in [-0.25, -0.2) is 0 Å². The molecule has 25 heavy (non-hydrogen) atoms. The summed E-state index contributed by atoms with van der Waals surface area (Å²) in [6.45, 7) is 3.55. The molecule has 2 bridgehead atoms. The molecule has 0 aliphatic carbocycles. The lowest BCUT2D eigenvalue weighted by Crippen LogP contribution is -2.57. The van der Waals surface area contributed by atoms with Crippen molar-refractivity contribution in [1.82, 2.24) is 25.2 Å². The predicted octanol–water partition coefficient (Wildman–Crippen LogP) is 0.357. The number of hydrogen-bond acceptors (Lipinski definition) is 6. The second-order valence-electron chi connectivity index (χ2n) is 6.97. The van der Waals surface area contributed by atoms with Crippen molar-refractivity contribution >= 4 is 5.91 Å². The zero-order valence-electron chi connectivity index (χ0n) is 14.2. The van der Waals surface area contributed by atoms with Gasteiger partial charge in [-0.15, -0.1) is 5.10 Å². The van der Waals surface area contributed by atoms with Gasteiger partial charge in [0.2, 0.25) is 5.91 Å². The quantitative estimate of drug-likeness (QED) is 0.784. The van der Waals surface area contributed by atoms with Gasteiger partial charge in [0.05, 0.1) is 31.0 Å². The molecule has 0 saturated carbocycles. The second-order valence-corrected chi connectivity index (χ2v) is 6.97. The van der Waals surface area contributed by atoms with E-state index in [1.54, 1.807) is 6.26 Å². The molecular formula is C17H24N6O2. The fourth-order valence-electron chi connectivity index (χ4n) is 4.08. The maximum atomic E-state index is 12.6. The summed E-state index contributed by atoms with van der Waals surface area (Å²) in [6, 6.07) is 4.13. The van der Waals surface area contributed by atoms with Gasteiger partial charge in [-0.05, 0) is 37.4 Å². The van der Waals surface area contributed by atoms with Crippen molar-refractivity contribution in [2.24, 2.45) is 17.6 Å². The number of rotatable bonds is 6. The number of nitrogens with zero attached hydrogens (tertiary/aromatic N) is 4. The van der Waals surface area contributed by atoms with E-state index in [0.29, 0.717) is 25.0 Å². The first kappa shape index (κ1) is 16.3. The van der Waals surface area contributed by atoms with E-state index in [2.05, 4.69) is 20.5 Å². The molecule has 3 aliphatic rings. The highest BCUT2D eigenvalue weighted by atomic mass is 16.3. The van der Waals surface area contributed by atoms with E-state index in [-0.39, 0.29) is 11.8 Å². The van der Waals surface area contributed by atoms with E-state index < -0.39 is 0 Å². The lowest BCUT2D eigenvalue weighted by Gasteiger charge is -2.49. The Morgan fingerprint density at radius 1 is 1.48 bits per heavy atom. The minimum atomic E-state index is 0.0651. The maximum absolute atomic E-state index is 12.6. The van der Waals surface area contributed by atoms with E-state index in [1.807, 2.05) is 23.0 Å². The van der Waals surface area contributed by atoms with Gasteiger partial charge in [-0.2, -0.15) is 0 Å². The van der Waals surface area contributed by atoms with Gasteiger partial charge < -0.3 is 15.5 Å². The van der Waals surface area contributed by atoms with Crippen LogP contribution in [0.1, 0.15) is 24.3 Å². The van der Waals surface area contributed by atoms with Gasteiger partial charge in [-0.1, -0.05) is 5.21 Å². The lowest BCUT2D eigenvalue weighted by molar-refractivity contribution is -0.133. The van der Waals surface area contributed by atoms with Crippen LogP contribution in [-0.4, -0.2) is 44.9 Å². The number of nitrogens with one attached hydrogen (secondary N) is 1. The number of amides is 1. The standard InChI is InChI=1S/C17H24N6O2/c18-7-13-9-23(21-20-13)10-14-6-12-3-4-22(14)11-16(12)17(24)19-8-15-2-1-5-25-15/h1-2,5,9,12,14,16H,3-4,6-8,10-11,18H2,(H,19,24). The topological polar surface area (TPSA) is 102 Å². The smallest absolute Gasteiger partial charge is 0.225 e. The van der Waals surface area contributed by atoms with Crippen molar-refractivity contribution in [1.29, 1.82) is 0 Å². The van der Waals surface area contributed by atoms with Crippen LogP contribution in [0.15, 0.2) is 29.0 Å². The Kier molecular flexibility index (Phi) is 4.54. The maximum Gasteiger partial charge on any atom is 0.225 e. The van der Waals surface area contributed by atoms with Crippen LogP contribution < -0.4 is 11.1 Å². The number of carbonyl (C=O) groups is 1. The Morgan fingerprint density at radius 2 is 2.40 bits per heavy atom. The molecule has 5 rings (SSSR count). The Hall–Kier alpha value is -2.19. The Labute approximate surface area is 146 Å². The molecule has 8 heteroatoms. The van der Waals surface area contributed by atoms with Crippen LogP contribution in [0.2, 0.25) is 0 Å². The molecule has 134 valence electrons. The van der Waals surface area contributed by atoms with Crippen molar-refractivity contribution in [3.8, 4) is 0 Å². The molecular weight excluding hydrogens is 320 g/mol. The average Bonchev–Trinajstić information content (AvgIpc) is 3.32. The first-order valence-electron chi connectivity index (χ1n) is 8.86. The predicted molar refractivity (Wildman–Crippen MR) is 90.0 cm³/mol. The SMILES string of the molecule is NCc1cn(CC2CC3CCN2CC3C(=O)NCc2ccco2)nn1. The molecule has 0 aromatic carbocycles. The molecule has 4 unspecified atom stereocenters. The minimum Gasteiger partial charge on any atom is -0.467 e. The summed E-state index contributed by atoms with van der Waals surface area (Å²) in [5.41, 5.74) is 6.41. The lowest BCUT2D eigenvalue weighted by atomic mass is 9.75. The van der Waals surface area contributed by atoms with Crippen molar-refractivity contribution < 1.29 is 9.21 Å². The second kappa shape index (κ2) is 6.97. The molecule has 3 saturated heterocycles. The van der Waals surface area contributed by atoms with E-state index in [1.165, 1.54) is 0 Å². The number of hydrogen-bond donors (Lipinski definition) is 2. The van der Waals surface area contributed by atoms with Crippen LogP contribution in [0.25, 0.3) is 0 Å². The number of nitrogens with two attached hydrogens (primary N) is 1. The first-order chi connectivity index (χ1) is 12.2. The van der Waals surface area contributed by atoms with Crippen LogP contribution >= 0.6 is 0 Å². The third kappa shape index (κ3) is 3.45. The number of fused-ring (bicyclic) bond motifs is 3. The summed E-state index contributed by atoms with van der Waals surface area (Å²) in [5.74, 6) is 1.42. The van der Waals surface area contributed by atoms with E-state index in [4.69, 9.17) is 10.2 Å². The van der Waals surface area contributed by atoms with Crippen LogP contribution in [0.4, 0.5) is 0 Å². The molecule has 0 spiro atoms. The van der Waals surface area contributed by atoms with E-state index in [0.717, 1.165) is 43.9 Å². The number of piperidine rings is 3. The van der Waals surface area contributed by atoms with E-state index >= 15 is 0 Å². The van der Waals surface area contributed by atoms with Crippen LogP contribution in [0.3, 0.4) is 0 Å². The number of aromatic nitrogens is 3. The molecule has 8 nitrogen and oxygen atoms in total. The zero-order valence-corrected chi connectivity index (χ0v) is 14.2. The Morgan fingerprint density at radius 3 is 3.08 bits per heavy atom. The fraction of sp³-hybridized carbons (Fsp3) is 0.588. The van der Waals surface area contributed by atoms with Gasteiger partial charge in [0.25, 0.3) is 0 Å². The van der Waals surface area contributed by atoms with Crippen LogP contribution in [0.5, 0.6) is 0 Å². The van der Waals surface area contributed by atoms with Gasteiger partial charge in [-0.3, -0.25) is 14.4 Å². The van der Waals surface area contributed by atoms with Gasteiger partial charge in [0.1, 0.15) is 5.76 Å². The Bertz CT molecular complexity index is 713. The molecule has 5 heterocycles. The molecule has 3 aliphatic heterocycles. The van der Waals surface area contributed by atoms with Gasteiger partial charge in [0.15, 0.2) is 0 Å². The van der Waals surface area contributed by atoms with Crippen LogP contribution in [-0.2, 0) is 24.4 Å². The summed E-state index contributed by atoms with van der Waals surface area (Å²) < 4.78 is 7.15. The molecule has 2 aromatic rings. The van der Waals surface area contributed by atoms with E-state index in [9.17, 15) is 4.79 Å². The summed E-state index contributed by atoms with van der Waals surface area (Å²) in [5, 5.41) is 11.2. The monoisotopic (exact) mass is 344 g/mol. The highest BCUT2D eigenvalue weighted by Gasteiger charge is 2.43. The van der Waals surface area contributed by atoms with Crippen molar-refractivity contribution in [2.45, 2.75) is 38.5 Å². The molecule has 1 amide bonds. The summed E-state index contributed by atoms with van der Waals surface area (Å²) in [7, 11) is 0. The number of carbonyl (C=O) groups excluding carboxylic acids is 1. The van der Waals surface area contributed by atoms with Crippen LogP contribution in [0, 0.1) is 11.8 Å². The largest absolute Gasteiger partial charge is 0.467 e. The van der Waals surface area contributed by atoms with Crippen molar-refractivity contribution in [3.05, 3.63) is 36.0 Å². The number of furan rings is 1. The Balaban J connectivity index is 1.34. The minimum absolute atomic E-state index is 0.0651. The summed E-state index contributed by atoms with van der Waals surface area (Å²) in [4.78, 5) is 15.0. The molecule has 3 N–H and O–H groups in total. The average molecular weight is 344 g/mol. The fourth-order valence-corrected chi connectivity index (χ4v) is 4.08. The third-order valence-corrected chi connectivity index (χ3v) is 5.43. The normalized spacial score (nSPS) is 28.2. The summed E-state index contributed by atoms with van der Waals surface area (Å²) in [6.07, 6.45) is 5.65. The molecule has 0 radical (unpaired) electrons.